The van der Waals surface area contributed by atoms with Crippen molar-refractivity contribution in [1.29, 1.82) is 0 Å². The van der Waals surface area contributed by atoms with Crippen molar-refractivity contribution in [3.63, 3.8) is 0 Å². The summed E-state index contributed by atoms with van der Waals surface area (Å²) in [6.45, 7) is 2.72. The molecule has 0 unspecified atom stereocenters. The summed E-state index contributed by atoms with van der Waals surface area (Å²) in [5.74, 6) is 1.96. The minimum absolute atomic E-state index is 0.0446. The molecule has 23 heavy (non-hydrogen) atoms. The summed E-state index contributed by atoms with van der Waals surface area (Å²) in [6.07, 6.45) is 0. The number of hydrogen-bond donors (Lipinski definition) is 1. The fraction of sp³-hybridized carbons (Fsp3) is 0.235. The van der Waals surface area contributed by atoms with Gasteiger partial charge in [0.15, 0.2) is 0 Å². The van der Waals surface area contributed by atoms with Gasteiger partial charge in [-0.25, -0.2) is 0 Å². The second kappa shape index (κ2) is 7.83. The van der Waals surface area contributed by atoms with E-state index in [9.17, 15) is 4.79 Å². The Morgan fingerprint density at radius 3 is 2.78 bits per heavy atom. The molecule has 3 aromatic rings. The number of halogens is 1. The molecular formula is C17H16BrNOS3. The number of carbonyl (C=O) groups excluding carboxylic acids is 1. The Kier molecular flexibility index (Phi) is 5.80. The summed E-state index contributed by atoms with van der Waals surface area (Å²) < 4.78 is 2.34. The fourth-order valence-electron chi connectivity index (χ4n) is 2.31. The predicted octanol–water partition coefficient (Wildman–Crippen LogP) is 5.70. The highest BCUT2D eigenvalue weighted by molar-refractivity contribution is 9.11. The van der Waals surface area contributed by atoms with Crippen molar-refractivity contribution in [2.24, 2.45) is 0 Å². The maximum Gasteiger partial charge on any atom is 0.261 e. The molecule has 1 N–H and O–H groups in total. The van der Waals surface area contributed by atoms with E-state index in [0.717, 1.165) is 21.9 Å². The van der Waals surface area contributed by atoms with Crippen LogP contribution in [0.3, 0.4) is 0 Å². The SMILES string of the molecule is Cc1c(C(=O)NCCSCc2ccc(Br)s2)sc2ccccc12. The number of fused-ring (bicyclic) bond motifs is 1. The van der Waals surface area contributed by atoms with Gasteiger partial charge < -0.3 is 5.32 Å². The maximum absolute atomic E-state index is 12.4. The molecule has 120 valence electrons. The lowest BCUT2D eigenvalue weighted by atomic mass is 10.1. The van der Waals surface area contributed by atoms with Gasteiger partial charge in [0.05, 0.1) is 8.66 Å². The van der Waals surface area contributed by atoms with Gasteiger partial charge in [-0.15, -0.1) is 22.7 Å². The van der Waals surface area contributed by atoms with Crippen LogP contribution < -0.4 is 5.32 Å². The number of hydrogen-bond acceptors (Lipinski definition) is 4. The molecule has 0 aliphatic rings. The predicted molar refractivity (Wildman–Crippen MR) is 107 cm³/mol. The lowest BCUT2D eigenvalue weighted by Crippen LogP contribution is -2.25. The molecule has 0 saturated heterocycles. The smallest absolute Gasteiger partial charge is 0.261 e. The zero-order valence-electron chi connectivity index (χ0n) is 12.6. The molecular weight excluding hydrogens is 410 g/mol. The van der Waals surface area contributed by atoms with Gasteiger partial charge in [0, 0.05) is 27.6 Å². The van der Waals surface area contributed by atoms with Gasteiger partial charge in [-0.05, 0) is 52.0 Å². The molecule has 2 nitrogen and oxygen atoms in total. The minimum Gasteiger partial charge on any atom is -0.351 e. The van der Waals surface area contributed by atoms with Crippen molar-refractivity contribution >= 4 is 66.4 Å². The summed E-state index contributed by atoms with van der Waals surface area (Å²) in [6, 6.07) is 12.4. The van der Waals surface area contributed by atoms with Crippen molar-refractivity contribution in [3.05, 3.63) is 55.5 Å². The summed E-state index contributed by atoms with van der Waals surface area (Å²) in [5.41, 5.74) is 1.08. The third kappa shape index (κ3) is 4.18. The molecule has 0 aliphatic carbocycles. The van der Waals surface area contributed by atoms with Crippen molar-refractivity contribution in [2.75, 3.05) is 12.3 Å². The molecule has 0 atom stereocenters. The summed E-state index contributed by atoms with van der Waals surface area (Å²) in [7, 11) is 0. The molecule has 6 heteroatoms. The van der Waals surface area contributed by atoms with Crippen LogP contribution in [-0.2, 0) is 5.75 Å². The van der Waals surface area contributed by atoms with E-state index >= 15 is 0 Å². The average Bonchev–Trinajstić information content (AvgIpc) is 3.11. The summed E-state index contributed by atoms with van der Waals surface area (Å²) in [5, 5.41) is 4.22. The average molecular weight is 426 g/mol. The topological polar surface area (TPSA) is 29.1 Å². The minimum atomic E-state index is 0.0446. The first-order valence-corrected chi connectivity index (χ1v) is 10.8. The standard InChI is InChI=1S/C17H16BrNOS3/c1-11-13-4-2-3-5-14(13)23-16(11)17(20)19-8-9-21-10-12-6-7-15(18)22-12/h2-7H,8-10H2,1H3,(H,19,20). The Morgan fingerprint density at radius 2 is 2.04 bits per heavy atom. The van der Waals surface area contributed by atoms with Gasteiger partial charge in [0.1, 0.15) is 0 Å². The van der Waals surface area contributed by atoms with Crippen molar-refractivity contribution < 1.29 is 4.79 Å². The number of aryl methyl sites for hydroxylation is 1. The lowest BCUT2D eigenvalue weighted by Gasteiger charge is -2.04. The van der Waals surface area contributed by atoms with E-state index in [1.165, 1.54) is 18.7 Å². The van der Waals surface area contributed by atoms with Crippen LogP contribution in [0.5, 0.6) is 0 Å². The molecule has 0 bridgehead atoms. The number of rotatable bonds is 6. The first-order valence-electron chi connectivity index (χ1n) is 7.23. The molecule has 1 aromatic carbocycles. The van der Waals surface area contributed by atoms with E-state index in [1.807, 2.05) is 30.8 Å². The van der Waals surface area contributed by atoms with Crippen LogP contribution in [0, 0.1) is 6.92 Å². The largest absolute Gasteiger partial charge is 0.351 e. The summed E-state index contributed by atoms with van der Waals surface area (Å²) >= 11 is 8.66. The molecule has 0 radical (unpaired) electrons. The van der Waals surface area contributed by atoms with E-state index < -0.39 is 0 Å². The van der Waals surface area contributed by atoms with Gasteiger partial charge >= 0.3 is 0 Å². The molecule has 2 aromatic heterocycles. The van der Waals surface area contributed by atoms with Crippen LogP contribution >= 0.6 is 50.4 Å². The van der Waals surface area contributed by atoms with Gasteiger partial charge in [0.2, 0.25) is 0 Å². The van der Waals surface area contributed by atoms with Crippen LogP contribution in [0.2, 0.25) is 0 Å². The number of thiophene rings is 2. The van der Waals surface area contributed by atoms with Crippen LogP contribution in [0.25, 0.3) is 10.1 Å². The first-order chi connectivity index (χ1) is 11.1. The van der Waals surface area contributed by atoms with Crippen molar-refractivity contribution in [2.45, 2.75) is 12.7 Å². The van der Waals surface area contributed by atoms with Gasteiger partial charge in [0.25, 0.3) is 5.91 Å². The third-order valence-electron chi connectivity index (χ3n) is 3.46. The van der Waals surface area contributed by atoms with Crippen LogP contribution in [0.4, 0.5) is 0 Å². The molecule has 0 saturated carbocycles. The molecule has 2 heterocycles. The van der Waals surface area contributed by atoms with Crippen molar-refractivity contribution in [1.82, 2.24) is 5.32 Å². The number of benzene rings is 1. The Balaban J connectivity index is 1.50. The van der Waals surface area contributed by atoms with Crippen molar-refractivity contribution in [3.8, 4) is 0 Å². The zero-order valence-corrected chi connectivity index (χ0v) is 16.6. The Labute approximate surface area is 156 Å². The second-order valence-corrected chi connectivity index (χ2v) is 9.77. The first kappa shape index (κ1) is 17.0. The molecule has 3 rings (SSSR count). The van der Waals surface area contributed by atoms with E-state index in [-0.39, 0.29) is 5.91 Å². The van der Waals surface area contributed by atoms with E-state index in [1.54, 1.807) is 22.7 Å². The van der Waals surface area contributed by atoms with Gasteiger partial charge in [-0.2, -0.15) is 11.8 Å². The highest BCUT2D eigenvalue weighted by atomic mass is 79.9. The molecule has 1 amide bonds. The molecule has 0 spiro atoms. The zero-order chi connectivity index (χ0) is 16.2. The van der Waals surface area contributed by atoms with Gasteiger partial charge in [-0.3, -0.25) is 4.79 Å². The quantitative estimate of drug-likeness (QED) is 0.513. The van der Waals surface area contributed by atoms with Crippen LogP contribution in [-0.4, -0.2) is 18.2 Å². The third-order valence-corrected chi connectivity index (χ3v) is 7.54. The van der Waals surface area contributed by atoms with E-state index in [0.29, 0.717) is 6.54 Å². The highest BCUT2D eigenvalue weighted by Crippen LogP contribution is 2.30. The molecule has 0 aliphatic heterocycles. The second-order valence-electron chi connectivity index (χ2n) is 5.07. The van der Waals surface area contributed by atoms with Crippen LogP contribution in [0.1, 0.15) is 20.1 Å². The maximum atomic E-state index is 12.4. The number of nitrogens with one attached hydrogen (secondary N) is 1. The van der Waals surface area contributed by atoms with E-state index in [4.69, 9.17) is 0 Å². The molecule has 0 fully saturated rings. The number of thioether (sulfide) groups is 1. The Hall–Kier alpha value is -0.820. The summed E-state index contributed by atoms with van der Waals surface area (Å²) in [4.78, 5) is 14.5. The van der Waals surface area contributed by atoms with E-state index in [2.05, 4.69) is 45.5 Å². The monoisotopic (exact) mass is 425 g/mol. The Bertz CT molecular complexity index is 824. The number of amides is 1. The number of carbonyl (C=O) groups is 1. The highest BCUT2D eigenvalue weighted by Gasteiger charge is 2.14. The lowest BCUT2D eigenvalue weighted by molar-refractivity contribution is 0.0960. The Morgan fingerprint density at radius 1 is 1.22 bits per heavy atom. The van der Waals surface area contributed by atoms with Gasteiger partial charge in [-0.1, -0.05) is 18.2 Å². The fourth-order valence-corrected chi connectivity index (χ4v) is 5.89. The normalized spacial score (nSPS) is 11.0. The van der Waals surface area contributed by atoms with Crippen LogP contribution in [0.15, 0.2) is 40.2 Å².